The van der Waals surface area contributed by atoms with Gasteiger partial charge in [-0.3, -0.25) is 10.1 Å². The quantitative estimate of drug-likeness (QED) is 0.204. The first-order valence-electron chi connectivity index (χ1n) is 13.5. The summed E-state index contributed by atoms with van der Waals surface area (Å²) in [7, 11) is 1.92. The molecular weight excluding hydrogens is 534 g/mol. The van der Waals surface area contributed by atoms with Gasteiger partial charge in [-0.05, 0) is 54.1 Å². The second-order valence-electron chi connectivity index (χ2n) is 9.57. The van der Waals surface area contributed by atoms with Crippen molar-refractivity contribution in [1.82, 2.24) is 15.0 Å². The highest BCUT2D eigenvalue weighted by Gasteiger charge is 2.19. The number of hydrogen-bond acceptors (Lipinski definition) is 8. The molecule has 1 saturated heterocycles. The van der Waals surface area contributed by atoms with E-state index in [1.54, 1.807) is 36.5 Å². The number of urea groups is 1. The summed E-state index contributed by atoms with van der Waals surface area (Å²) in [5.74, 6) is 1.52. The van der Waals surface area contributed by atoms with Crippen LogP contribution in [0.3, 0.4) is 0 Å². The minimum Gasteiger partial charge on any atom is -0.378 e. The number of allylic oxidation sites excluding steroid dienone is 1. The second-order valence-corrected chi connectivity index (χ2v) is 9.57. The number of amides is 3. The van der Waals surface area contributed by atoms with E-state index in [0.29, 0.717) is 41.8 Å². The van der Waals surface area contributed by atoms with Crippen LogP contribution < -0.4 is 26.2 Å². The Hall–Kier alpha value is -5.20. The van der Waals surface area contributed by atoms with Crippen LogP contribution in [-0.2, 0) is 9.53 Å². The number of carbonyl (C=O) groups is 2. The predicted molar refractivity (Wildman–Crippen MR) is 164 cm³/mol. The van der Waals surface area contributed by atoms with Gasteiger partial charge < -0.3 is 31.0 Å². The molecule has 0 spiro atoms. The van der Waals surface area contributed by atoms with Gasteiger partial charge in [-0.1, -0.05) is 6.07 Å². The summed E-state index contributed by atoms with van der Waals surface area (Å²) >= 11 is 0. The molecule has 0 radical (unpaired) electrons. The molecule has 0 bridgehead atoms. The lowest BCUT2D eigenvalue weighted by atomic mass is 10.0. The fourth-order valence-corrected chi connectivity index (χ4v) is 4.56. The number of fused-ring (bicyclic) bond motifs is 1. The summed E-state index contributed by atoms with van der Waals surface area (Å²) in [6, 6.07) is 15.8. The van der Waals surface area contributed by atoms with Gasteiger partial charge in [-0.2, -0.15) is 0 Å². The normalized spacial score (nSPS) is 13.5. The van der Waals surface area contributed by atoms with Crippen LogP contribution in [0.4, 0.5) is 27.8 Å². The van der Waals surface area contributed by atoms with Crippen molar-refractivity contribution in [2.75, 3.05) is 54.2 Å². The third-order valence-electron chi connectivity index (χ3n) is 6.55. The summed E-state index contributed by atoms with van der Waals surface area (Å²) in [6.45, 7) is 4.11. The molecule has 1 aliphatic heterocycles. The van der Waals surface area contributed by atoms with Crippen molar-refractivity contribution >= 4 is 57.6 Å². The first kappa shape index (κ1) is 28.3. The number of morpholine rings is 1. The molecule has 0 unspecified atom stereocenters. The van der Waals surface area contributed by atoms with Crippen LogP contribution in [0.1, 0.15) is 12.5 Å². The number of ether oxygens (including phenoxy) is 1. The summed E-state index contributed by atoms with van der Waals surface area (Å²) in [5.41, 5.74) is 4.33. The van der Waals surface area contributed by atoms with E-state index >= 15 is 0 Å². The molecule has 1 fully saturated rings. The first-order chi connectivity index (χ1) is 20.4. The van der Waals surface area contributed by atoms with Gasteiger partial charge in [0.05, 0.1) is 31.4 Å². The Morgan fingerprint density at radius 1 is 0.976 bits per heavy atom. The highest BCUT2D eigenvalue weighted by Crippen LogP contribution is 2.30. The monoisotopic (exact) mass is 566 g/mol. The molecule has 6 N–H and O–H groups in total. The smallest absolute Gasteiger partial charge is 0.324 e. The van der Waals surface area contributed by atoms with Gasteiger partial charge in [0.1, 0.15) is 17.8 Å². The molecule has 5 rings (SSSR count). The number of pyridine rings is 1. The summed E-state index contributed by atoms with van der Waals surface area (Å²) in [6.07, 6.45) is 4.85. The highest BCUT2D eigenvalue weighted by atomic mass is 16.5. The lowest BCUT2D eigenvalue weighted by Crippen LogP contribution is -2.72. The number of nitrogens with two attached hydrogens (primary N) is 1. The lowest BCUT2D eigenvalue weighted by molar-refractivity contribution is -0.555. The average Bonchev–Trinajstić information content (AvgIpc) is 3.00. The van der Waals surface area contributed by atoms with Crippen LogP contribution in [0.25, 0.3) is 27.9 Å². The highest BCUT2D eigenvalue weighted by molar-refractivity contribution is 6.09. The van der Waals surface area contributed by atoms with E-state index in [4.69, 9.17) is 20.1 Å². The molecule has 0 saturated carbocycles. The maximum atomic E-state index is 12.5. The van der Waals surface area contributed by atoms with E-state index < -0.39 is 6.03 Å². The van der Waals surface area contributed by atoms with E-state index in [2.05, 4.69) is 25.8 Å². The maximum Gasteiger partial charge on any atom is 0.324 e. The summed E-state index contributed by atoms with van der Waals surface area (Å²) in [5, 5.41) is 18.8. The predicted octanol–water partition coefficient (Wildman–Crippen LogP) is 3.31. The third-order valence-corrected chi connectivity index (χ3v) is 6.55. The van der Waals surface area contributed by atoms with Gasteiger partial charge in [-0.15, -0.1) is 0 Å². The zero-order valence-corrected chi connectivity index (χ0v) is 23.3. The molecular formula is C30H32N9O3+. The molecule has 0 atom stereocenters. The maximum absolute atomic E-state index is 12.5. The largest absolute Gasteiger partial charge is 0.378 e. The fourth-order valence-electron chi connectivity index (χ4n) is 4.56. The zero-order chi connectivity index (χ0) is 29.5. The molecule has 1 aliphatic rings. The van der Waals surface area contributed by atoms with Crippen molar-refractivity contribution in [1.29, 1.82) is 5.41 Å². The van der Waals surface area contributed by atoms with Gasteiger partial charge in [-0.25, -0.2) is 19.7 Å². The Labute approximate surface area is 242 Å². The number of benzene rings is 2. The topological polar surface area (TPSA) is 162 Å². The molecule has 214 valence electrons. The number of anilines is 4. The number of carbonyl (C=O) groups excluding carboxylic acids is 2. The van der Waals surface area contributed by atoms with E-state index in [9.17, 15) is 9.59 Å². The standard InChI is InChI=1S/C30H31N9O3/c1-19(40)34-23-5-7-24(8-6-23)35-30(41)37-27-10-4-21(18-33-27)28-36-26-15-20(22(16-31)17-32-2)3-9-25(26)29(38-28)39-11-13-42-14-12-39/h3-10,15-18,31-32H,11-14H2,1-2H3,(H,34,40)(H2,33,35,37,41)/p+1/b22-17+,31-16?. The number of aromatic nitrogens is 3. The molecule has 3 amide bonds. The molecule has 12 nitrogen and oxygen atoms in total. The molecule has 42 heavy (non-hydrogen) atoms. The van der Waals surface area contributed by atoms with Gasteiger partial charge in [0, 0.05) is 54.7 Å². The molecule has 0 aliphatic carbocycles. The Morgan fingerprint density at radius 3 is 2.36 bits per heavy atom. The summed E-state index contributed by atoms with van der Waals surface area (Å²) in [4.78, 5) is 40.1. The van der Waals surface area contributed by atoms with Gasteiger partial charge >= 0.3 is 6.03 Å². The molecule has 4 aromatic rings. The number of hydrogen-bond donors (Lipinski definition) is 5. The van der Waals surface area contributed by atoms with E-state index in [-0.39, 0.29) is 5.91 Å². The van der Waals surface area contributed by atoms with E-state index in [1.807, 2.05) is 42.8 Å². The average molecular weight is 567 g/mol. The van der Waals surface area contributed by atoms with Crippen molar-refractivity contribution in [2.24, 2.45) is 0 Å². The van der Waals surface area contributed by atoms with Gasteiger partial charge in [0.15, 0.2) is 5.82 Å². The van der Waals surface area contributed by atoms with Crippen LogP contribution in [0, 0.1) is 5.41 Å². The molecule has 12 heteroatoms. The van der Waals surface area contributed by atoms with Crippen molar-refractivity contribution in [3.05, 3.63) is 72.6 Å². The third kappa shape index (κ3) is 6.74. The van der Waals surface area contributed by atoms with Crippen LogP contribution in [0.15, 0.2) is 67.0 Å². The van der Waals surface area contributed by atoms with Gasteiger partial charge in [0.25, 0.3) is 0 Å². The Bertz CT molecular complexity index is 1630. The minimum absolute atomic E-state index is 0.168. The van der Waals surface area contributed by atoms with Crippen LogP contribution >= 0.6 is 0 Å². The SMILES string of the molecule is C[NH2+]/C=C(\C=N)c1ccc2c(N3CCOCC3)nc(-c3ccc(NC(=O)Nc4ccc(NC(C)=O)cc4)nc3)nc2c1. The number of rotatable bonds is 8. The Kier molecular flexibility index (Phi) is 8.75. The Balaban J connectivity index is 1.38. The van der Waals surface area contributed by atoms with Crippen LogP contribution in [0.5, 0.6) is 0 Å². The Morgan fingerprint density at radius 2 is 1.71 bits per heavy atom. The number of nitrogens with one attached hydrogen (secondary N) is 4. The number of quaternary nitrogens is 1. The zero-order valence-electron chi connectivity index (χ0n) is 23.3. The van der Waals surface area contributed by atoms with Crippen molar-refractivity contribution in [3.8, 4) is 11.4 Å². The molecule has 2 aromatic carbocycles. The summed E-state index contributed by atoms with van der Waals surface area (Å²) < 4.78 is 5.56. The van der Waals surface area contributed by atoms with E-state index in [0.717, 1.165) is 40.9 Å². The minimum atomic E-state index is -0.453. The molecule has 3 heterocycles. The second kappa shape index (κ2) is 13.0. The molecule has 2 aromatic heterocycles. The lowest BCUT2D eigenvalue weighted by Gasteiger charge is -2.29. The van der Waals surface area contributed by atoms with Crippen molar-refractivity contribution in [2.45, 2.75) is 6.92 Å². The fraction of sp³-hybridized carbons (Fsp3) is 0.200. The van der Waals surface area contributed by atoms with Gasteiger partial charge in [0.2, 0.25) is 5.91 Å². The van der Waals surface area contributed by atoms with E-state index in [1.165, 1.54) is 13.1 Å². The van der Waals surface area contributed by atoms with Crippen LogP contribution in [0.2, 0.25) is 0 Å². The number of nitrogens with zero attached hydrogens (tertiary/aromatic N) is 4. The van der Waals surface area contributed by atoms with Crippen molar-refractivity contribution < 1.29 is 19.6 Å². The van der Waals surface area contributed by atoms with Crippen LogP contribution in [-0.4, -0.2) is 66.5 Å². The first-order valence-corrected chi connectivity index (χ1v) is 13.5. The van der Waals surface area contributed by atoms with Crippen molar-refractivity contribution in [3.63, 3.8) is 0 Å².